The van der Waals surface area contributed by atoms with Crippen LogP contribution < -0.4 is 5.32 Å². The fourth-order valence-corrected chi connectivity index (χ4v) is 2.14. The van der Waals surface area contributed by atoms with E-state index in [2.05, 4.69) is 34.2 Å². The molecule has 0 unspecified atom stereocenters. The van der Waals surface area contributed by atoms with Crippen molar-refractivity contribution in [3.8, 4) is 0 Å². The van der Waals surface area contributed by atoms with Crippen LogP contribution in [0.5, 0.6) is 0 Å². The minimum atomic E-state index is -0.175. The first kappa shape index (κ1) is 13.3. The Kier molecular flexibility index (Phi) is 4.55. The molecule has 0 aliphatic heterocycles. The van der Waals surface area contributed by atoms with Crippen molar-refractivity contribution >= 4 is 15.9 Å². The van der Waals surface area contributed by atoms with Gasteiger partial charge in [-0.1, -0.05) is 28.9 Å². The van der Waals surface area contributed by atoms with Crippen molar-refractivity contribution in [2.75, 3.05) is 6.54 Å². The minimum Gasteiger partial charge on any atom is -0.349 e. The fourth-order valence-electron chi connectivity index (χ4n) is 1.81. The number of halogens is 2. The van der Waals surface area contributed by atoms with Crippen LogP contribution >= 0.6 is 15.9 Å². The first-order valence-corrected chi connectivity index (χ1v) is 6.77. The van der Waals surface area contributed by atoms with Gasteiger partial charge in [0.15, 0.2) is 0 Å². The van der Waals surface area contributed by atoms with Crippen LogP contribution in [0.3, 0.4) is 0 Å². The van der Waals surface area contributed by atoms with Gasteiger partial charge in [0, 0.05) is 35.5 Å². The van der Waals surface area contributed by atoms with Crippen LogP contribution in [0.2, 0.25) is 0 Å². The van der Waals surface area contributed by atoms with Gasteiger partial charge in [0.2, 0.25) is 0 Å². The summed E-state index contributed by atoms with van der Waals surface area (Å²) in [7, 11) is 0. The van der Waals surface area contributed by atoms with Crippen LogP contribution in [0.1, 0.15) is 18.1 Å². The molecule has 96 valence electrons. The molecule has 4 heteroatoms. The molecule has 2 nitrogen and oxygen atoms in total. The van der Waals surface area contributed by atoms with E-state index >= 15 is 0 Å². The van der Waals surface area contributed by atoms with E-state index < -0.39 is 0 Å². The molecule has 0 fully saturated rings. The van der Waals surface area contributed by atoms with Gasteiger partial charge in [-0.3, -0.25) is 0 Å². The third-order valence-corrected chi connectivity index (χ3v) is 3.25. The minimum absolute atomic E-state index is 0.175. The molecule has 1 N–H and O–H groups in total. The Bertz CT molecular complexity index is 522. The SMILES string of the molecule is CCNCc1ccn(Cc2ccc(Br)cc2F)c1. The molecule has 0 bridgehead atoms. The molecule has 0 spiro atoms. The van der Waals surface area contributed by atoms with Crippen molar-refractivity contribution < 1.29 is 4.39 Å². The zero-order valence-electron chi connectivity index (χ0n) is 10.3. The molecule has 2 aromatic rings. The maximum atomic E-state index is 13.7. The van der Waals surface area contributed by atoms with Crippen LogP contribution in [0.4, 0.5) is 4.39 Å². The standard InChI is InChI=1S/C14H16BrFN2/c1-2-17-8-11-5-6-18(9-11)10-12-3-4-13(15)7-14(12)16/h3-7,9,17H,2,8,10H2,1H3. The van der Waals surface area contributed by atoms with E-state index in [1.54, 1.807) is 0 Å². The Labute approximate surface area is 115 Å². The monoisotopic (exact) mass is 310 g/mol. The molecular formula is C14H16BrFN2. The predicted molar refractivity (Wildman–Crippen MR) is 75.0 cm³/mol. The van der Waals surface area contributed by atoms with Gasteiger partial charge in [-0.2, -0.15) is 0 Å². The van der Waals surface area contributed by atoms with Crippen molar-refractivity contribution in [2.45, 2.75) is 20.0 Å². The zero-order chi connectivity index (χ0) is 13.0. The Balaban J connectivity index is 2.06. The van der Waals surface area contributed by atoms with E-state index in [4.69, 9.17) is 0 Å². The van der Waals surface area contributed by atoms with E-state index in [0.717, 1.165) is 17.6 Å². The molecule has 0 saturated carbocycles. The number of hydrogen-bond acceptors (Lipinski definition) is 1. The molecule has 0 aliphatic rings. The third kappa shape index (κ3) is 3.43. The fraction of sp³-hybridized carbons (Fsp3) is 0.286. The second-order valence-corrected chi connectivity index (χ2v) is 5.12. The van der Waals surface area contributed by atoms with Gasteiger partial charge in [-0.15, -0.1) is 0 Å². The lowest BCUT2D eigenvalue weighted by atomic mass is 10.2. The van der Waals surface area contributed by atoms with Gasteiger partial charge in [-0.25, -0.2) is 4.39 Å². The maximum Gasteiger partial charge on any atom is 0.129 e. The lowest BCUT2D eigenvalue weighted by molar-refractivity contribution is 0.598. The van der Waals surface area contributed by atoms with Crippen molar-refractivity contribution in [3.05, 3.63) is 58.1 Å². The molecule has 0 radical (unpaired) electrons. The van der Waals surface area contributed by atoms with Crippen LogP contribution in [0.25, 0.3) is 0 Å². The Hall–Kier alpha value is -1.13. The largest absolute Gasteiger partial charge is 0.349 e. The first-order valence-electron chi connectivity index (χ1n) is 5.98. The molecule has 0 amide bonds. The van der Waals surface area contributed by atoms with Gasteiger partial charge in [-0.05, 0) is 30.3 Å². The zero-order valence-corrected chi connectivity index (χ0v) is 11.9. The number of hydrogen-bond donors (Lipinski definition) is 1. The number of benzene rings is 1. The maximum absolute atomic E-state index is 13.7. The topological polar surface area (TPSA) is 17.0 Å². The lowest BCUT2D eigenvalue weighted by Crippen LogP contribution is -2.11. The first-order chi connectivity index (χ1) is 8.69. The van der Waals surface area contributed by atoms with Crippen LogP contribution in [-0.2, 0) is 13.1 Å². The van der Waals surface area contributed by atoms with Gasteiger partial charge in [0.05, 0.1) is 0 Å². The smallest absolute Gasteiger partial charge is 0.129 e. The van der Waals surface area contributed by atoms with E-state index in [1.807, 2.05) is 29.1 Å². The molecule has 0 saturated heterocycles. The van der Waals surface area contributed by atoms with Gasteiger partial charge < -0.3 is 9.88 Å². The highest BCUT2D eigenvalue weighted by atomic mass is 79.9. The van der Waals surface area contributed by atoms with Gasteiger partial charge in [0.1, 0.15) is 5.82 Å². The summed E-state index contributed by atoms with van der Waals surface area (Å²) in [5.41, 5.74) is 1.91. The summed E-state index contributed by atoms with van der Waals surface area (Å²) in [4.78, 5) is 0. The molecule has 0 aliphatic carbocycles. The number of nitrogens with one attached hydrogen (secondary N) is 1. The molecular weight excluding hydrogens is 295 g/mol. The summed E-state index contributed by atoms with van der Waals surface area (Å²) in [5, 5.41) is 3.27. The summed E-state index contributed by atoms with van der Waals surface area (Å²) >= 11 is 3.26. The molecule has 1 aromatic heterocycles. The van der Waals surface area contributed by atoms with Crippen molar-refractivity contribution in [1.29, 1.82) is 0 Å². The van der Waals surface area contributed by atoms with Crippen molar-refractivity contribution in [3.63, 3.8) is 0 Å². The quantitative estimate of drug-likeness (QED) is 0.893. The van der Waals surface area contributed by atoms with Gasteiger partial charge in [0.25, 0.3) is 0 Å². The second-order valence-electron chi connectivity index (χ2n) is 4.21. The summed E-state index contributed by atoms with van der Waals surface area (Å²) < 4.78 is 16.5. The second kappa shape index (κ2) is 6.16. The Morgan fingerprint density at radius 2 is 2.17 bits per heavy atom. The normalized spacial score (nSPS) is 10.8. The van der Waals surface area contributed by atoms with E-state index in [0.29, 0.717) is 12.1 Å². The summed E-state index contributed by atoms with van der Waals surface area (Å²) in [5.74, 6) is -0.175. The Morgan fingerprint density at radius 3 is 2.89 bits per heavy atom. The number of nitrogens with zero attached hydrogens (tertiary/aromatic N) is 1. The predicted octanol–water partition coefficient (Wildman–Crippen LogP) is 3.55. The summed E-state index contributed by atoms with van der Waals surface area (Å²) in [6.45, 7) is 4.44. The highest BCUT2D eigenvalue weighted by Gasteiger charge is 2.04. The van der Waals surface area contributed by atoms with Crippen molar-refractivity contribution in [1.82, 2.24) is 9.88 Å². The highest BCUT2D eigenvalue weighted by Crippen LogP contribution is 2.16. The molecule has 0 atom stereocenters. The van der Waals surface area contributed by atoms with Crippen LogP contribution in [0.15, 0.2) is 41.1 Å². The molecule has 18 heavy (non-hydrogen) atoms. The van der Waals surface area contributed by atoms with Crippen LogP contribution in [0, 0.1) is 5.82 Å². The third-order valence-electron chi connectivity index (χ3n) is 2.76. The lowest BCUT2D eigenvalue weighted by Gasteiger charge is -2.05. The van der Waals surface area contributed by atoms with E-state index in [1.165, 1.54) is 11.6 Å². The average molecular weight is 311 g/mol. The summed E-state index contributed by atoms with van der Waals surface area (Å²) in [6, 6.07) is 7.22. The Morgan fingerprint density at radius 1 is 1.33 bits per heavy atom. The molecule has 1 heterocycles. The molecule has 1 aromatic carbocycles. The summed E-state index contributed by atoms with van der Waals surface area (Å²) in [6.07, 6.45) is 4.03. The molecule has 2 rings (SSSR count). The highest BCUT2D eigenvalue weighted by molar-refractivity contribution is 9.10. The van der Waals surface area contributed by atoms with Gasteiger partial charge >= 0.3 is 0 Å². The number of aromatic nitrogens is 1. The van der Waals surface area contributed by atoms with E-state index in [-0.39, 0.29) is 5.82 Å². The number of rotatable bonds is 5. The average Bonchev–Trinajstić information content (AvgIpc) is 2.78. The van der Waals surface area contributed by atoms with Crippen LogP contribution in [-0.4, -0.2) is 11.1 Å². The van der Waals surface area contributed by atoms with E-state index in [9.17, 15) is 4.39 Å². The van der Waals surface area contributed by atoms with Crippen molar-refractivity contribution in [2.24, 2.45) is 0 Å².